The Morgan fingerprint density at radius 2 is 2.00 bits per heavy atom. The number of hydrogen-bond acceptors (Lipinski definition) is 5. The minimum atomic E-state index is -0.559. The number of nitrogens with one attached hydrogen (secondary N) is 1. The SMILES string of the molecule is C=C/C=C\C(=C)OCC(=O)OC(CNC(=O)CCC(C)C)COCC. The summed E-state index contributed by atoms with van der Waals surface area (Å²) in [6.45, 7) is 13.8. The molecule has 0 fully saturated rings. The number of allylic oxidation sites excluding steroid dienone is 3. The van der Waals surface area contributed by atoms with Crippen molar-refractivity contribution in [1.29, 1.82) is 0 Å². The van der Waals surface area contributed by atoms with Gasteiger partial charge in [-0.3, -0.25) is 4.79 Å². The second-order valence-electron chi connectivity index (χ2n) is 5.86. The van der Waals surface area contributed by atoms with Gasteiger partial charge in [-0.15, -0.1) is 0 Å². The predicted molar refractivity (Wildman–Crippen MR) is 97.9 cm³/mol. The Labute approximate surface area is 150 Å². The van der Waals surface area contributed by atoms with Gasteiger partial charge in [0.25, 0.3) is 0 Å². The van der Waals surface area contributed by atoms with Gasteiger partial charge in [-0.05, 0) is 25.3 Å². The average molecular weight is 353 g/mol. The first-order valence-corrected chi connectivity index (χ1v) is 8.53. The molecule has 0 radical (unpaired) electrons. The summed E-state index contributed by atoms with van der Waals surface area (Å²) in [4.78, 5) is 23.6. The molecule has 1 N–H and O–H groups in total. The third-order valence-corrected chi connectivity index (χ3v) is 3.08. The van der Waals surface area contributed by atoms with E-state index in [9.17, 15) is 9.59 Å². The van der Waals surface area contributed by atoms with Crippen molar-refractivity contribution in [3.63, 3.8) is 0 Å². The van der Waals surface area contributed by atoms with E-state index in [0.29, 0.717) is 24.7 Å². The van der Waals surface area contributed by atoms with Crippen LogP contribution >= 0.6 is 0 Å². The van der Waals surface area contributed by atoms with Crippen LogP contribution in [0.5, 0.6) is 0 Å². The molecule has 25 heavy (non-hydrogen) atoms. The number of amides is 1. The van der Waals surface area contributed by atoms with E-state index in [1.165, 1.54) is 0 Å². The highest BCUT2D eigenvalue weighted by atomic mass is 16.6. The van der Waals surface area contributed by atoms with E-state index in [0.717, 1.165) is 6.42 Å². The van der Waals surface area contributed by atoms with Crippen LogP contribution in [0.1, 0.15) is 33.6 Å². The number of rotatable bonds is 14. The molecule has 0 aromatic carbocycles. The van der Waals surface area contributed by atoms with Crippen LogP contribution in [0.25, 0.3) is 0 Å². The van der Waals surface area contributed by atoms with Gasteiger partial charge in [0.15, 0.2) is 6.61 Å². The zero-order valence-corrected chi connectivity index (χ0v) is 15.6. The van der Waals surface area contributed by atoms with Gasteiger partial charge in [-0.25, -0.2) is 4.79 Å². The fourth-order valence-corrected chi connectivity index (χ4v) is 1.71. The van der Waals surface area contributed by atoms with Crippen molar-refractivity contribution < 1.29 is 23.8 Å². The zero-order chi connectivity index (χ0) is 19.1. The summed E-state index contributed by atoms with van der Waals surface area (Å²) in [5.74, 6) is 0.183. The third kappa shape index (κ3) is 14.0. The standard InChI is InChI=1S/C19H31NO5/c1-6-8-9-16(5)24-14-19(22)25-17(13-23-7-2)12-20-18(21)11-10-15(3)4/h6,8-9,15,17H,1,5,7,10-14H2,2-4H3,(H,20,21)/b9-8-. The molecule has 1 unspecified atom stereocenters. The normalized spacial score (nSPS) is 12.0. The molecule has 0 aliphatic carbocycles. The van der Waals surface area contributed by atoms with E-state index in [1.54, 1.807) is 18.2 Å². The lowest BCUT2D eigenvalue weighted by Gasteiger charge is -2.18. The van der Waals surface area contributed by atoms with Gasteiger partial charge in [0, 0.05) is 13.0 Å². The summed E-state index contributed by atoms with van der Waals surface area (Å²) in [6.07, 6.45) is 5.52. The zero-order valence-electron chi connectivity index (χ0n) is 15.6. The largest absolute Gasteiger partial charge is 0.483 e. The van der Waals surface area contributed by atoms with Gasteiger partial charge in [-0.1, -0.05) is 39.2 Å². The molecular weight excluding hydrogens is 322 g/mol. The molecule has 6 nitrogen and oxygen atoms in total. The number of esters is 1. The maximum Gasteiger partial charge on any atom is 0.344 e. The van der Waals surface area contributed by atoms with E-state index in [-0.39, 0.29) is 25.7 Å². The van der Waals surface area contributed by atoms with Gasteiger partial charge in [0.2, 0.25) is 5.91 Å². The first-order chi connectivity index (χ1) is 11.9. The van der Waals surface area contributed by atoms with E-state index in [4.69, 9.17) is 14.2 Å². The van der Waals surface area contributed by atoms with Crippen molar-refractivity contribution in [3.8, 4) is 0 Å². The lowest BCUT2D eigenvalue weighted by Crippen LogP contribution is -2.38. The number of hydrogen-bond donors (Lipinski definition) is 1. The minimum absolute atomic E-state index is 0.0644. The first kappa shape index (κ1) is 22.9. The molecule has 0 spiro atoms. The fraction of sp³-hybridized carbons (Fsp3) is 0.579. The van der Waals surface area contributed by atoms with Crippen molar-refractivity contribution in [2.75, 3.05) is 26.4 Å². The molecule has 0 aliphatic rings. The quantitative estimate of drug-likeness (QED) is 0.295. The molecule has 0 rings (SSSR count). The molecule has 6 heteroatoms. The Kier molecular flexibility index (Phi) is 13.1. The summed E-state index contributed by atoms with van der Waals surface area (Å²) in [6, 6.07) is 0. The van der Waals surface area contributed by atoms with Crippen LogP contribution < -0.4 is 5.32 Å². The molecule has 0 aliphatic heterocycles. The van der Waals surface area contributed by atoms with Crippen molar-refractivity contribution in [2.24, 2.45) is 5.92 Å². The number of carbonyl (C=O) groups is 2. The lowest BCUT2D eigenvalue weighted by molar-refractivity contribution is -0.156. The number of ether oxygens (including phenoxy) is 3. The van der Waals surface area contributed by atoms with Crippen LogP contribution in [-0.2, 0) is 23.8 Å². The highest BCUT2D eigenvalue weighted by Crippen LogP contribution is 2.03. The molecule has 0 saturated carbocycles. The van der Waals surface area contributed by atoms with Crippen molar-refractivity contribution in [2.45, 2.75) is 39.7 Å². The van der Waals surface area contributed by atoms with E-state index in [2.05, 4.69) is 32.3 Å². The van der Waals surface area contributed by atoms with Crippen LogP contribution in [-0.4, -0.2) is 44.3 Å². The Balaban J connectivity index is 4.29. The van der Waals surface area contributed by atoms with Gasteiger partial charge in [-0.2, -0.15) is 0 Å². The molecule has 142 valence electrons. The maximum absolute atomic E-state index is 11.9. The Bertz CT molecular complexity index is 457. The van der Waals surface area contributed by atoms with Crippen LogP contribution in [0.3, 0.4) is 0 Å². The van der Waals surface area contributed by atoms with E-state index in [1.807, 2.05) is 6.92 Å². The molecule has 0 heterocycles. The maximum atomic E-state index is 11.9. The first-order valence-electron chi connectivity index (χ1n) is 8.53. The third-order valence-electron chi connectivity index (χ3n) is 3.08. The van der Waals surface area contributed by atoms with Crippen LogP contribution in [0.4, 0.5) is 0 Å². The Morgan fingerprint density at radius 3 is 2.60 bits per heavy atom. The smallest absolute Gasteiger partial charge is 0.344 e. The second-order valence-corrected chi connectivity index (χ2v) is 5.86. The molecular formula is C19H31NO5. The minimum Gasteiger partial charge on any atom is -0.483 e. The fourth-order valence-electron chi connectivity index (χ4n) is 1.71. The second kappa shape index (κ2) is 14.3. The van der Waals surface area contributed by atoms with Crippen LogP contribution in [0, 0.1) is 5.92 Å². The molecule has 0 aromatic rings. The van der Waals surface area contributed by atoms with E-state index < -0.39 is 12.1 Å². The van der Waals surface area contributed by atoms with Crippen LogP contribution in [0.2, 0.25) is 0 Å². The van der Waals surface area contributed by atoms with Crippen molar-refractivity contribution >= 4 is 11.9 Å². The molecule has 0 saturated heterocycles. The summed E-state index contributed by atoms with van der Waals surface area (Å²) < 4.78 is 15.8. The molecule has 0 bridgehead atoms. The lowest BCUT2D eigenvalue weighted by atomic mass is 10.1. The molecule has 0 aromatic heterocycles. The molecule has 1 amide bonds. The van der Waals surface area contributed by atoms with Gasteiger partial charge >= 0.3 is 5.97 Å². The monoisotopic (exact) mass is 353 g/mol. The Hall–Kier alpha value is -2.08. The topological polar surface area (TPSA) is 73.9 Å². The van der Waals surface area contributed by atoms with Gasteiger partial charge in [0.05, 0.1) is 13.2 Å². The van der Waals surface area contributed by atoms with Gasteiger partial charge in [0.1, 0.15) is 11.9 Å². The summed E-state index contributed by atoms with van der Waals surface area (Å²) in [5, 5.41) is 2.77. The van der Waals surface area contributed by atoms with Crippen molar-refractivity contribution in [3.05, 3.63) is 37.1 Å². The molecule has 1 atom stereocenters. The average Bonchev–Trinajstić information content (AvgIpc) is 2.58. The summed E-state index contributed by atoms with van der Waals surface area (Å²) in [7, 11) is 0. The summed E-state index contributed by atoms with van der Waals surface area (Å²) >= 11 is 0. The Morgan fingerprint density at radius 1 is 1.28 bits per heavy atom. The van der Waals surface area contributed by atoms with Crippen LogP contribution in [0.15, 0.2) is 37.1 Å². The number of carbonyl (C=O) groups excluding carboxylic acids is 2. The summed E-state index contributed by atoms with van der Waals surface area (Å²) in [5.41, 5.74) is 0. The van der Waals surface area contributed by atoms with Gasteiger partial charge < -0.3 is 19.5 Å². The predicted octanol–water partition coefficient (Wildman–Crippen LogP) is 2.76. The van der Waals surface area contributed by atoms with Crippen molar-refractivity contribution in [1.82, 2.24) is 5.32 Å². The highest BCUT2D eigenvalue weighted by molar-refractivity contribution is 5.76. The van der Waals surface area contributed by atoms with E-state index >= 15 is 0 Å². The highest BCUT2D eigenvalue weighted by Gasteiger charge is 2.16.